The molecule has 3 rings (SSSR count). The molecule has 1 heterocycles. The summed E-state index contributed by atoms with van der Waals surface area (Å²) in [6, 6.07) is 4.10. The van der Waals surface area contributed by atoms with Crippen LogP contribution >= 0.6 is 0 Å². The van der Waals surface area contributed by atoms with Crippen molar-refractivity contribution in [1.82, 2.24) is 4.98 Å². The van der Waals surface area contributed by atoms with E-state index in [9.17, 15) is 9.90 Å². The van der Waals surface area contributed by atoms with Crippen molar-refractivity contribution in [2.45, 2.75) is 52.4 Å². The molecule has 1 aliphatic rings. The van der Waals surface area contributed by atoms with E-state index in [1.165, 1.54) is 5.56 Å². The molecule has 0 spiro atoms. The first-order valence-corrected chi connectivity index (χ1v) is 7.56. The normalized spacial score (nSPS) is 17.4. The second kappa shape index (κ2) is 5.17. The minimum absolute atomic E-state index is 0.171. The molecule has 2 aromatic rings. The Hall–Kier alpha value is -1.84. The molecule has 0 unspecified atom stereocenters. The summed E-state index contributed by atoms with van der Waals surface area (Å²) in [6.45, 7) is 4.07. The lowest BCUT2D eigenvalue weighted by molar-refractivity contribution is -0.139. The topological polar surface area (TPSA) is 63.3 Å². The fourth-order valence-electron chi connectivity index (χ4n) is 3.68. The van der Waals surface area contributed by atoms with Crippen LogP contribution in [0, 0.1) is 19.3 Å². The van der Waals surface area contributed by atoms with Crippen LogP contribution in [-0.4, -0.2) is 16.1 Å². The molecule has 1 fully saturated rings. The largest absolute Gasteiger partial charge is 0.481 e. The number of oxazole rings is 1. The lowest BCUT2D eigenvalue weighted by Gasteiger charge is -2.25. The van der Waals surface area contributed by atoms with Crippen molar-refractivity contribution in [1.29, 1.82) is 0 Å². The van der Waals surface area contributed by atoms with Gasteiger partial charge >= 0.3 is 5.97 Å². The number of hydrogen-bond acceptors (Lipinski definition) is 3. The average Bonchev–Trinajstić information content (AvgIpc) is 2.95. The summed E-state index contributed by atoms with van der Waals surface area (Å²) in [5, 5.41) is 9.19. The second-order valence-electron chi connectivity index (χ2n) is 6.49. The van der Waals surface area contributed by atoms with Gasteiger partial charge in [-0.05, 0) is 49.3 Å². The zero-order chi connectivity index (χ0) is 15.0. The summed E-state index contributed by atoms with van der Waals surface area (Å²) in [4.78, 5) is 15.8. The molecule has 0 atom stereocenters. The first-order chi connectivity index (χ1) is 9.97. The van der Waals surface area contributed by atoms with Gasteiger partial charge in [0.15, 0.2) is 11.5 Å². The molecule has 112 valence electrons. The number of carboxylic acid groups (broad SMARTS) is 1. The minimum Gasteiger partial charge on any atom is -0.481 e. The number of nitrogens with zero attached hydrogens (tertiary/aromatic N) is 1. The Kier molecular flexibility index (Phi) is 3.47. The lowest BCUT2D eigenvalue weighted by atomic mass is 9.79. The van der Waals surface area contributed by atoms with Gasteiger partial charge in [-0.1, -0.05) is 18.9 Å². The van der Waals surface area contributed by atoms with E-state index in [2.05, 4.69) is 11.1 Å². The van der Waals surface area contributed by atoms with Gasteiger partial charge in [-0.3, -0.25) is 4.79 Å². The van der Waals surface area contributed by atoms with Gasteiger partial charge in [-0.15, -0.1) is 0 Å². The van der Waals surface area contributed by atoms with Gasteiger partial charge in [0.2, 0.25) is 0 Å². The number of fused-ring (bicyclic) bond motifs is 1. The van der Waals surface area contributed by atoms with E-state index in [1.807, 2.05) is 19.9 Å². The summed E-state index contributed by atoms with van der Waals surface area (Å²) in [7, 11) is 0. The van der Waals surface area contributed by atoms with Crippen molar-refractivity contribution in [3.8, 4) is 0 Å². The van der Waals surface area contributed by atoms with Gasteiger partial charge in [-0.2, -0.15) is 0 Å². The molecule has 4 nitrogen and oxygen atoms in total. The summed E-state index contributed by atoms with van der Waals surface area (Å²) in [5.41, 5.74) is 3.80. The van der Waals surface area contributed by atoms with Crippen molar-refractivity contribution in [3.05, 3.63) is 29.2 Å². The first kappa shape index (κ1) is 14.1. The Morgan fingerprint density at radius 2 is 2.05 bits per heavy atom. The van der Waals surface area contributed by atoms with Crippen LogP contribution in [0.2, 0.25) is 0 Å². The number of carbonyl (C=O) groups is 1. The Bertz CT molecular complexity index is 681. The molecule has 1 N–H and O–H groups in total. The van der Waals surface area contributed by atoms with E-state index in [4.69, 9.17) is 4.42 Å². The highest BCUT2D eigenvalue weighted by molar-refractivity contribution is 5.77. The Balaban J connectivity index is 1.93. The molecule has 0 radical (unpaired) electrons. The third-order valence-electron chi connectivity index (χ3n) is 4.58. The molecule has 0 saturated heterocycles. The summed E-state index contributed by atoms with van der Waals surface area (Å²) >= 11 is 0. The third-order valence-corrected chi connectivity index (χ3v) is 4.58. The summed E-state index contributed by atoms with van der Waals surface area (Å²) < 4.78 is 5.92. The van der Waals surface area contributed by atoms with Crippen molar-refractivity contribution >= 4 is 17.1 Å². The highest BCUT2D eigenvalue weighted by Gasteiger charge is 2.37. The van der Waals surface area contributed by atoms with E-state index < -0.39 is 5.97 Å². The highest BCUT2D eigenvalue weighted by Crippen LogP contribution is 2.44. The quantitative estimate of drug-likeness (QED) is 0.922. The van der Waals surface area contributed by atoms with Crippen LogP contribution in [0.3, 0.4) is 0 Å². The van der Waals surface area contributed by atoms with Gasteiger partial charge in [0.1, 0.15) is 5.52 Å². The van der Waals surface area contributed by atoms with Crippen LogP contribution in [0.4, 0.5) is 0 Å². The van der Waals surface area contributed by atoms with Crippen LogP contribution in [0.15, 0.2) is 16.5 Å². The second-order valence-corrected chi connectivity index (χ2v) is 6.49. The number of benzene rings is 1. The highest BCUT2D eigenvalue weighted by atomic mass is 16.4. The van der Waals surface area contributed by atoms with Crippen molar-refractivity contribution in [2.24, 2.45) is 5.41 Å². The molecular formula is C17H21NO3. The standard InChI is InChI=1S/C17H21NO3/c1-11-7-12(2)16-13(8-11)18-14(21-16)9-17(10-15(19)20)5-3-4-6-17/h7-8H,3-6,9-10H2,1-2H3,(H,19,20). The van der Waals surface area contributed by atoms with Crippen LogP contribution in [0.5, 0.6) is 0 Å². The van der Waals surface area contributed by atoms with E-state index >= 15 is 0 Å². The number of rotatable bonds is 4. The third kappa shape index (κ3) is 2.80. The number of aryl methyl sites for hydroxylation is 2. The maximum absolute atomic E-state index is 11.2. The van der Waals surface area contributed by atoms with Gasteiger partial charge in [0, 0.05) is 6.42 Å². The molecule has 0 aliphatic heterocycles. The molecular weight excluding hydrogens is 266 g/mol. The Labute approximate surface area is 124 Å². The fraction of sp³-hybridized carbons (Fsp3) is 0.529. The van der Waals surface area contributed by atoms with Crippen LogP contribution in [0.25, 0.3) is 11.1 Å². The zero-order valence-electron chi connectivity index (χ0n) is 12.6. The van der Waals surface area contributed by atoms with Crippen molar-refractivity contribution in [3.63, 3.8) is 0 Å². The maximum Gasteiger partial charge on any atom is 0.303 e. The molecule has 1 aliphatic carbocycles. The van der Waals surface area contributed by atoms with Crippen LogP contribution in [0.1, 0.15) is 49.1 Å². The number of hydrogen-bond donors (Lipinski definition) is 1. The molecule has 1 aromatic heterocycles. The monoisotopic (exact) mass is 287 g/mol. The van der Waals surface area contributed by atoms with Crippen molar-refractivity contribution in [2.75, 3.05) is 0 Å². The smallest absolute Gasteiger partial charge is 0.303 e. The molecule has 21 heavy (non-hydrogen) atoms. The lowest BCUT2D eigenvalue weighted by Crippen LogP contribution is -2.23. The first-order valence-electron chi connectivity index (χ1n) is 7.56. The predicted molar refractivity (Wildman–Crippen MR) is 80.3 cm³/mol. The number of aliphatic carboxylic acids is 1. The van der Waals surface area contributed by atoms with E-state index in [0.717, 1.165) is 42.3 Å². The zero-order valence-corrected chi connectivity index (χ0v) is 12.6. The SMILES string of the molecule is Cc1cc(C)c2oc(CC3(CC(=O)O)CCCC3)nc2c1. The Morgan fingerprint density at radius 3 is 2.71 bits per heavy atom. The summed E-state index contributed by atoms with van der Waals surface area (Å²) in [5.74, 6) is -0.0399. The van der Waals surface area contributed by atoms with Crippen LogP contribution < -0.4 is 0 Å². The van der Waals surface area contributed by atoms with Gasteiger partial charge in [-0.25, -0.2) is 4.98 Å². The average molecular weight is 287 g/mol. The number of aromatic nitrogens is 1. The molecule has 4 heteroatoms. The minimum atomic E-state index is -0.722. The van der Waals surface area contributed by atoms with E-state index in [0.29, 0.717) is 12.3 Å². The van der Waals surface area contributed by atoms with Gasteiger partial charge in [0.25, 0.3) is 0 Å². The Morgan fingerprint density at radius 1 is 1.33 bits per heavy atom. The van der Waals surface area contributed by atoms with Gasteiger partial charge in [0.05, 0.1) is 6.42 Å². The molecule has 0 amide bonds. The molecule has 1 aromatic carbocycles. The van der Waals surface area contributed by atoms with Crippen LogP contribution in [-0.2, 0) is 11.2 Å². The summed E-state index contributed by atoms with van der Waals surface area (Å²) in [6.07, 6.45) is 4.96. The van der Waals surface area contributed by atoms with E-state index in [1.54, 1.807) is 0 Å². The van der Waals surface area contributed by atoms with Crippen molar-refractivity contribution < 1.29 is 14.3 Å². The van der Waals surface area contributed by atoms with E-state index in [-0.39, 0.29) is 11.8 Å². The predicted octanol–water partition coefficient (Wildman–Crippen LogP) is 4.02. The number of carboxylic acids is 1. The van der Waals surface area contributed by atoms with Gasteiger partial charge < -0.3 is 9.52 Å². The fourth-order valence-corrected chi connectivity index (χ4v) is 3.68. The maximum atomic E-state index is 11.2. The molecule has 0 bridgehead atoms. The molecule has 1 saturated carbocycles.